The van der Waals surface area contributed by atoms with Crippen LogP contribution in [0.5, 0.6) is 0 Å². The van der Waals surface area contributed by atoms with E-state index in [4.69, 9.17) is 0 Å². The Morgan fingerprint density at radius 2 is 1.63 bits per heavy atom. The zero-order chi connectivity index (χ0) is 20.1. The molecule has 0 unspecified atom stereocenters. The van der Waals surface area contributed by atoms with Crippen molar-refractivity contribution in [2.24, 2.45) is 0 Å². The van der Waals surface area contributed by atoms with Crippen molar-refractivity contribution in [3.05, 3.63) is 71.0 Å². The molecule has 2 rings (SSSR count). The van der Waals surface area contributed by atoms with Gasteiger partial charge in [-0.05, 0) is 29.8 Å². The van der Waals surface area contributed by atoms with Crippen LogP contribution >= 0.6 is 0 Å². The van der Waals surface area contributed by atoms with Crippen molar-refractivity contribution in [2.45, 2.75) is 13.5 Å². The van der Waals surface area contributed by atoms with Gasteiger partial charge in [0.15, 0.2) is 0 Å². The van der Waals surface area contributed by atoms with E-state index in [-0.39, 0.29) is 24.2 Å². The highest BCUT2D eigenvalue weighted by Crippen LogP contribution is 2.06. The summed E-state index contributed by atoms with van der Waals surface area (Å²) in [4.78, 5) is 22.2. The summed E-state index contributed by atoms with van der Waals surface area (Å²) in [5, 5.41) is 5.13. The summed E-state index contributed by atoms with van der Waals surface area (Å²) in [5.41, 5.74) is 2.01. The summed E-state index contributed by atoms with van der Waals surface area (Å²) in [5.74, 6) is 4.85. The molecule has 0 saturated carbocycles. The van der Waals surface area contributed by atoms with Gasteiger partial charge >= 0.3 is 0 Å². The highest BCUT2D eigenvalue weighted by molar-refractivity contribution is 5.83. The molecule has 0 radical (unpaired) electrons. The molecule has 0 fully saturated rings. The van der Waals surface area contributed by atoms with Crippen molar-refractivity contribution in [3.8, 4) is 11.8 Å². The molecule has 2 amide bonds. The largest absolute Gasteiger partial charge is 0.388 e. The highest BCUT2D eigenvalue weighted by Gasteiger charge is 2.02. The van der Waals surface area contributed by atoms with E-state index >= 15 is 0 Å². The normalized spacial score (nSPS) is 9.19. The Bertz CT molecular complexity index is 808. The summed E-state index contributed by atoms with van der Waals surface area (Å²) in [7, 11) is 3.25. The zero-order valence-electron chi connectivity index (χ0n) is 15.6. The number of amides is 2. The molecular formula is C21H23FN2O3. The molecule has 6 heteroatoms. The number of carbonyl (C=O) groups excluding carboxylic acids is 2. The SMILES string of the molecule is CC(=O)NCC(=O)NCc1ccc(C#Cc2ccccc2F)cc1.COC. The first-order valence-electron chi connectivity index (χ1n) is 8.23. The second-order valence-electron chi connectivity index (χ2n) is 5.52. The molecule has 2 aromatic carbocycles. The van der Waals surface area contributed by atoms with Crippen LogP contribution < -0.4 is 10.6 Å². The Balaban J connectivity index is 0.00000114. The van der Waals surface area contributed by atoms with E-state index in [0.29, 0.717) is 12.1 Å². The standard InChI is InChI=1S/C19H17FN2O2.C2H6O/c1-14(23)21-13-19(24)22-12-16-8-6-15(7-9-16)10-11-17-4-2-3-5-18(17)20;1-3-2/h2-9H,12-13H2,1H3,(H,21,23)(H,22,24);1-2H3. The van der Waals surface area contributed by atoms with Gasteiger partial charge in [-0.3, -0.25) is 9.59 Å². The minimum atomic E-state index is -0.344. The summed E-state index contributed by atoms with van der Waals surface area (Å²) in [6.45, 7) is 1.68. The number of ether oxygens (including phenoxy) is 1. The first kappa shape index (κ1) is 21.9. The number of halogens is 1. The zero-order valence-corrected chi connectivity index (χ0v) is 15.6. The predicted molar refractivity (Wildman–Crippen MR) is 102 cm³/mol. The molecule has 5 nitrogen and oxygen atoms in total. The Morgan fingerprint density at radius 1 is 1.00 bits per heavy atom. The summed E-state index contributed by atoms with van der Waals surface area (Å²) in [6, 6.07) is 13.6. The number of nitrogens with one attached hydrogen (secondary N) is 2. The fraction of sp³-hybridized carbons (Fsp3) is 0.238. The maximum Gasteiger partial charge on any atom is 0.239 e. The fourth-order valence-electron chi connectivity index (χ4n) is 1.88. The monoisotopic (exact) mass is 370 g/mol. The van der Waals surface area contributed by atoms with Crippen molar-refractivity contribution in [1.29, 1.82) is 0 Å². The van der Waals surface area contributed by atoms with Crippen LogP contribution in [0.15, 0.2) is 48.5 Å². The molecule has 2 aromatic rings. The molecule has 0 atom stereocenters. The minimum absolute atomic E-state index is 0.0401. The lowest BCUT2D eigenvalue weighted by molar-refractivity contribution is -0.125. The van der Waals surface area contributed by atoms with Gasteiger partial charge in [-0.25, -0.2) is 4.39 Å². The van der Waals surface area contributed by atoms with Crippen molar-refractivity contribution >= 4 is 11.8 Å². The molecule has 0 saturated heterocycles. The third kappa shape index (κ3) is 9.19. The third-order valence-electron chi connectivity index (χ3n) is 3.16. The Labute approximate surface area is 158 Å². The Hall–Kier alpha value is -3.17. The molecule has 0 bridgehead atoms. The second kappa shape index (κ2) is 12.2. The average molecular weight is 370 g/mol. The molecule has 0 aromatic heterocycles. The maximum absolute atomic E-state index is 13.5. The average Bonchev–Trinajstić information content (AvgIpc) is 2.65. The van der Waals surface area contributed by atoms with Gasteiger partial charge in [-0.1, -0.05) is 36.1 Å². The quantitative estimate of drug-likeness (QED) is 0.811. The lowest BCUT2D eigenvalue weighted by Gasteiger charge is -2.05. The van der Waals surface area contributed by atoms with Crippen molar-refractivity contribution in [3.63, 3.8) is 0 Å². The topological polar surface area (TPSA) is 67.4 Å². The minimum Gasteiger partial charge on any atom is -0.388 e. The molecule has 0 heterocycles. The van der Waals surface area contributed by atoms with Crippen LogP contribution in [0.2, 0.25) is 0 Å². The number of hydrogen-bond acceptors (Lipinski definition) is 3. The van der Waals surface area contributed by atoms with Gasteiger partial charge in [0.25, 0.3) is 0 Å². The molecule has 0 aliphatic carbocycles. The highest BCUT2D eigenvalue weighted by atomic mass is 19.1. The fourth-order valence-corrected chi connectivity index (χ4v) is 1.88. The third-order valence-corrected chi connectivity index (χ3v) is 3.16. The summed E-state index contributed by atoms with van der Waals surface area (Å²) < 4.78 is 17.7. The van der Waals surface area contributed by atoms with Gasteiger partial charge in [0, 0.05) is 33.3 Å². The van der Waals surface area contributed by atoms with Gasteiger partial charge in [0.2, 0.25) is 11.8 Å². The Kier molecular flexibility index (Phi) is 9.90. The molecule has 0 aliphatic rings. The van der Waals surface area contributed by atoms with E-state index in [0.717, 1.165) is 11.1 Å². The van der Waals surface area contributed by atoms with Crippen LogP contribution in [0.25, 0.3) is 0 Å². The molecule has 0 spiro atoms. The lowest BCUT2D eigenvalue weighted by atomic mass is 10.1. The van der Waals surface area contributed by atoms with Crippen LogP contribution in [0.4, 0.5) is 4.39 Å². The summed E-state index contributed by atoms with van der Waals surface area (Å²) in [6.07, 6.45) is 0. The predicted octanol–water partition coefficient (Wildman–Crippen LogP) is 2.24. The van der Waals surface area contributed by atoms with Gasteiger partial charge < -0.3 is 15.4 Å². The molecule has 27 heavy (non-hydrogen) atoms. The van der Waals surface area contributed by atoms with Gasteiger partial charge in [-0.2, -0.15) is 0 Å². The van der Waals surface area contributed by atoms with Crippen LogP contribution in [0, 0.1) is 17.7 Å². The number of hydrogen-bond donors (Lipinski definition) is 2. The van der Waals surface area contributed by atoms with E-state index in [2.05, 4.69) is 27.2 Å². The van der Waals surface area contributed by atoms with Crippen LogP contribution in [-0.2, 0) is 20.9 Å². The van der Waals surface area contributed by atoms with E-state index in [9.17, 15) is 14.0 Å². The number of methoxy groups -OCH3 is 1. The van der Waals surface area contributed by atoms with Gasteiger partial charge in [-0.15, -0.1) is 0 Å². The lowest BCUT2D eigenvalue weighted by Crippen LogP contribution is -2.35. The first-order valence-corrected chi connectivity index (χ1v) is 8.23. The van der Waals surface area contributed by atoms with Crippen LogP contribution in [0.1, 0.15) is 23.6 Å². The van der Waals surface area contributed by atoms with Crippen LogP contribution in [0.3, 0.4) is 0 Å². The van der Waals surface area contributed by atoms with Crippen molar-refractivity contribution in [2.75, 3.05) is 20.8 Å². The van der Waals surface area contributed by atoms with E-state index in [1.165, 1.54) is 13.0 Å². The summed E-state index contributed by atoms with van der Waals surface area (Å²) >= 11 is 0. The number of rotatable bonds is 4. The van der Waals surface area contributed by atoms with Gasteiger partial charge in [0.05, 0.1) is 12.1 Å². The smallest absolute Gasteiger partial charge is 0.239 e. The van der Waals surface area contributed by atoms with Crippen molar-refractivity contribution in [1.82, 2.24) is 10.6 Å². The van der Waals surface area contributed by atoms with E-state index < -0.39 is 0 Å². The van der Waals surface area contributed by atoms with E-state index in [1.807, 2.05) is 24.3 Å². The molecule has 142 valence electrons. The number of benzene rings is 2. The Morgan fingerprint density at radius 3 is 2.22 bits per heavy atom. The number of carbonyl (C=O) groups is 2. The van der Waals surface area contributed by atoms with Crippen molar-refractivity contribution < 1.29 is 18.7 Å². The van der Waals surface area contributed by atoms with Gasteiger partial charge in [0.1, 0.15) is 5.82 Å². The second-order valence-corrected chi connectivity index (χ2v) is 5.52. The van der Waals surface area contributed by atoms with Crippen LogP contribution in [-0.4, -0.2) is 32.6 Å². The molecule has 0 aliphatic heterocycles. The van der Waals surface area contributed by atoms with E-state index in [1.54, 1.807) is 32.4 Å². The maximum atomic E-state index is 13.5. The first-order chi connectivity index (χ1) is 13.0. The molecular weight excluding hydrogens is 347 g/mol. The molecule has 2 N–H and O–H groups in total.